The molecule has 2 N–H and O–H groups in total. The van der Waals surface area contributed by atoms with E-state index in [2.05, 4.69) is 10.6 Å². The third kappa shape index (κ3) is 7.38. The molecule has 24 heavy (non-hydrogen) atoms. The van der Waals surface area contributed by atoms with E-state index in [-0.39, 0.29) is 12.6 Å². The molecule has 0 radical (unpaired) electrons. The molecule has 0 bridgehead atoms. The van der Waals surface area contributed by atoms with E-state index in [0.29, 0.717) is 13.0 Å². The predicted molar refractivity (Wildman–Crippen MR) is 91.0 cm³/mol. The van der Waals surface area contributed by atoms with Gasteiger partial charge in [0, 0.05) is 6.61 Å². The highest BCUT2D eigenvalue weighted by molar-refractivity contribution is 5.70. The maximum absolute atomic E-state index is 12.2. The van der Waals surface area contributed by atoms with E-state index in [1.807, 2.05) is 6.92 Å². The molecule has 7 heteroatoms. The first kappa shape index (κ1) is 20.5. The van der Waals surface area contributed by atoms with Crippen LogP contribution in [0, 0.1) is 0 Å². The molecule has 1 aliphatic heterocycles. The van der Waals surface area contributed by atoms with Crippen LogP contribution in [0.4, 0.5) is 9.59 Å². The number of rotatable bonds is 2. The largest absolute Gasteiger partial charge is 0.444 e. The molecule has 1 saturated heterocycles. The second-order valence-corrected chi connectivity index (χ2v) is 8.44. The summed E-state index contributed by atoms with van der Waals surface area (Å²) in [6.45, 7) is 13.5. The van der Waals surface area contributed by atoms with Crippen LogP contribution in [0.15, 0.2) is 0 Å². The molecule has 1 rings (SSSR count). The molecule has 0 aromatic carbocycles. The van der Waals surface area contributed by atoms with Crippen molar-refractivity contribution < 1.29 is 23.8 Å². The van der Waals surface area contributed by atoms with Crippen LogP contribution < -0.4 is 10.6 Å². The van der Waals surface area contributed by atoms with Crippen molar-refractivity contribution in [1.82, 2.24) is 10.6 Å². The third-order valence-corrected chi connectivity index (χ3v) is 3.43. The molecule has 1 aliphatic rings. The predicted octanol–water partition coefficient (Wildman–Crippen LogP) is 2.97. The van der Waals surface area contributed by atoms with E-state index in [0.717, 1.165) is 6.42 Å². The SMILES string of the molecule is CC(C)(C)OC(=O)N[C@@H]1CCCOC[C@@]1(C)NC(=O)OC(C)(C)C. The zero-order valence-corrected chi connectivity index (χ0v) is 15.9. The Balaban J connectivity index is 2.81. The molecule has 0 spiro atoms. The lowest BCUT2D eigenvalue weighted by atomic mass is 9.90. The average molecular weight is 344 g/mol. The molecule has 2 atom stereocenters. The van der Waals surface area contributed by atoms with E-state index >= 15 is 0 Å². The minimum Gasteiger partial charge on any atom is -0.444 e. The summed E-state index contributed by atoms with van der Waals surface area (Å²) < 4.78 is 16.2. The van der Waals surface area contributed by atoms with Gasteiger partial charge >= 0.3 is 12.2 Å². The Hall–Kier alpha value is -1.50. The minimum absolute atomic E-state index is 0.284. The molecular formula is C17H32N2O5. The van der Waals surface area contributed by atoms with Crippen molar-refractivity contribution in [3.05, 3.63) is 0 Å². The van der Waals surface area contributed by atoms with Crippen molar-refractivity contribution >= 4 is 12.2 Å². The molecule has 1 fully saturated rings. The summed E-state index contributed by atoms with van der Waals surface area (Å²) in [7, 11) is 0. The van der Waals surface area contributed by atoms with Gasteiger partial charge in [0.1, 0.15) is 11.2 Å². The Morgan fingerprint density at radius 2 is 1.58 bits per heavy atom. The van der Waals surface area contributed by atoms with Gasteiger partial charge in [0.15, 0.2) is 0 Å². The van der Waals surface area contributed by atoms with Crippen LogP contribution in [-0.4, -0.2) is 48.2 Å². The molecular weight excluding hydrogens is 312 g/mol. The van der Waals surface area contributed by atoms with Crippen molar-refractivity contribution in [2.75, 3.05) is 13.2 Å². The number of nitrogens with one attached hydrogen (secondary N) is 2. The van der Waals surface area contributed by atoms with E-state index in [1.165, 1.54) is 0 Å². The Morgan fingerprint density at radius 3 is 2.12 bits per heavy atom. The van der Waals surface area contributed by atoms with E-state index in [1.54, 1.807) is 41.5 Å². The first-order chi connectivity index (χ1) is 10.8. The third-order valence-electron chi connectivity index (χ3n) is 3.43. The van der Waals surface area contributed by atoms with E-state index in [9.17, 15) is 9.59 Å². The van der Waals surface area contributed by atoms with Crippen molar-refractivity contribution in [3.63, 3.8) is 0 Å². The summed E-state index contributed by atoms with van der Waals surface area (Å²) in [5.41, 5.74) is -1.96. The normalized spacial score (nSPS) is 25.4. The Bertz CT molecular complexity index is 453. The lowest BCUT2D eigenvalue weighted by Gasteiger charge is -2.37. The summed E-state index contributed by atoms with van der Waals surface area (Å²) in [5, 5.41) is 5.72. The van der Waals surface area contributed by atoms with Crippen molar-refractivity contribution in [2.24, 2.45) is 0 Å². The fourth-order valence-corrected chi connectivity index (χ4v) is 2.43. The maximum atomic E-state index is 12.2. The van der Waals surface area contributed by atoms with Crippen LogP contribution in [0.5, 0.6) is 0 Å². The quantitative estimate of drug-likeness (QED) is 0.804. The molecule has 140 valence electrons. The number of hydrogen-bond acceptors (Lipinski definition) is 5. The smallest absolute Gasteiger partial charge is 0.408 e. The van der Waals surface area contributed by atoms with Gasteiger partial charge in [0.05, 0.1) is 18.2 Å². The Labute approximate surface area is 144 Å². The number of carbonyl (C=O) groups excluding carboxylic acids is 2. The number of hydrogen-bond donors (Lipinski definition) is 2. The van der Waals surface area contributed by atoms with Crippen molar-refractivity contribution in [2.45, 2.75) is 84.1 Å². The van der Waals surface area contributed by atoms with Gasteiger partial charge in [-0.1, -0.05) is 0 Å². The van der Waals surface area contributed by atoms with Gasteiger partial charge in [-0.2, -0.15) is 0 Å². The van der Waals surface area contributed by atoms with Gasteiger partial charge in [-0.05, 0) is 61.3 Å². The van der Waals surface area contributed by atoms with Crippen LogP contribution in [0.25, 0.3) is 0 Å². The summed E-state index contributed by atoms with van der Waals surface area (Å²) in [4.78, 5) is 24.3. The lowest BCUT2D eigenvalue weighted by molar-refractivity contribution is 0.0255. The summed E-state index contributed by atoms with van der Waals surface area (Å²) in [6.07, 6.45) is 0.413. The summed E-state index contributed by atoms with van der Waals surface area (Å²) >= 11 is 0. The highest BCUT2D eigenvalue weighted by Crippen LogP contribution is 2.21. The molecule has 0 unspecified atom stereocenters. The molecule has 1 heterocycles. The number of alkyl carbamates (subject to hydrolysis) is 2. The first-order valence-corrected chi connectivity index (χ1v) is 8.39. The standard InChI is InChI=1S/C17H32N2O5/c1-15(2,3)23-13(20)18-12-9-8-10-22-11-17(12,7)19-14(21)24-16(4,5)6/h12H,8-11H2,1-7H3,(H,18,20)(H,19,21)/t12-,17-/m1/s1. The first-order valence-electron chi connectivity index (χ1n) is 8.39. The van der Waals surface area contributed by atoms with E-state index < -0.39 is 28.9 Å². The van der Waals surface area contributed by atoms with Gasteiger partial charge in [0.2, 0.25) is 0 Å². The van der Waals surface area contributed by atoms with Crippen molar-refractivity contribution in [1.29, 1.82) is 0 Å². The maximum Gasteiger partial charge on any atom is 0.408 e. The highest BCUT2D eigenvalue weighted by atomic mass is 16.6. The number of amides is 2. The average Bonchev–Trinajstić information content (AvgIpc) is 2.47. The van der Waals surface area contributed by atoms with Crippen LogP contribution in [-0.2, 0) is 14.2 Å². The van der Waals surface area contributed by atoms with Crippen LogP contribution in [0.2, 0.25) is 0 Å². The number of carbonyl (C=O) groups is 2. The highest BCUT2D eigenvalue weighted by Gasteiger charge is 2.40. The van der Waals surface area contributed by atoms with Crippen LogP contribution in [0.3, 0.4) is 0 Å². The van der Waals surface area contributed by atoms with Crippen LogP contribution >= 0.6 is 0 Å². The van der Waals surface area contributed by atoms with Gasteiger partial charge in [-0.15, -0.1) is 0 Å². The minimum atomic E-state index is -0.782. The van der Waals surface area contributed by atoms with Gasteiger partial charge in [-0.25, -0.2) is 9.59 Å². The monoisotopic (exact) mass is 344 g/mol. The van der Waals surface area contributed by atoms with E-state index in [4.69, 9.17) is 14.2 Å². The zero-order valence-electron chi connectivity index (χ0n) is 15.9. The summed E-state index contributed by atoms with van der Waals surface area (Å²) in [5.74, 6) is 0. The molecule has 0 aromatic heterocycles. The molecule has 0 saturated carbocycles. The fraction of sp³-hybridized carbons (Fsp3) is 0.882. The van der Waals surface area contributed by atoms with Gasteiger partial charge in [0.25, 0.3) is 0 Å². The molecule has 2 amide bonds. The van der Waals surface area contributed by atoms with Crippen LogP contribution in [0.1, 0.15) is 61.3 Å². The Morgan fingerprint density at radius 1 is 1.04 bits per heavy atom. The van der Waals surface area contributed by atoms with Gasteiger partial charge in [-0.3, -0.25) is 0 Å². The molecule has 0 aliphatic carbocycles. The zero-order chi connectivity index (χ0) is 18.6. The summed E-state index contributed by atoms with van der Waals surface area (Å²) in [6, 6.07) is -0.317. The van der Waals surface area contributed by atoms with Crippen molar-refractivity contribution in [3.8, 4) is 0 Å². The lowest BCUT2D eigenvalue weighted by Crippen LogP contribution is -2.63. The second-order valence-electron chi connectivity index (χ2n) is 8.44. The second kappa shape index (κ2) is 7.59. The molecule has 0 aromatic rings. The number of ether oxygens (including phenoxy) is 3. The fourth-order valence-electron chi connectivity index (χ4n) is 2.43. The van der Waals surface area contributed by atoms with Gasteiger partial charge < -0.3 is 24.8 Å². The Kier molecular flexibility index (Phi) is 6.50. The topological polar surface area (TPSA) is 85.9 Å². The molecule has 7 nitrogen and oxygen atoms in total.